The summed E-state index contributed by atoms with van der Waals surface area (Å²) in [7, 11) is 0. The molecular weight excluding hydrogens is 398 g/mol. The molecule has 13 heteroatoms. The number of thiazole rings is 1. The van der Waals surface area contributed by atoms with E-state index >= 15 is 0 Å². The van der Waals surface area contributed by atoms with Crippen molar-refractivity contribution < 1.29 is 29.8 Å². The average Bonchev–Trinajstić information content (AvgIpc) is 3.05. The molecule has 2 aliphatic heterocycles. The molecule has 144 valence electrons. The van der Waals surface area contributed by atoms with Gasteiger partial charge in [0.2, 0.25) is 5.91 Å². The van der Waals surface area contributed by atoms with Gasteiger partial charge < -0.3 is 31.4 Å². The highest BCUT2D eigenvalue weighted by Gasteiger charge is 2.62. The lowest BCUT2D eigenvalue weighted by atomic mass is 9.89. The van der Waals surface area contributed by atoms with Gasteiger partial charge in [-0.2, -0.15) is 0 Å². The first-order chi connectivity index (χ1) is 12.7. The highest BCUT2D eigenvalue weighted by atomic mass is 32.2. The van der Waals surface area contributed by atoms with E-state index in [1.807, 2.05) is 0 Å². The summed E-state index contributed by atoms with van der Waals surface area (Å²) in [5, 5.41) is 35.2. The number of hydrogen-bond donors (Lipinski definition) is 5. The van der Waals surface area contributed by atoms with Crippen molar-refractivity contribution in [3.05, 3.63) is 23.7 Å². The highest BCUT2D eigenvalue weighted by molar-refractivity contribution is 8.00. The highest BCUT2D eigenvalue weighted by Crippen LogP contribution is 2.42. The molecule has 4 atom stereocenters. The standard InChI is InChI=1S/C14H15N5O6S2/c1-2-14(24)4-27-11-7(10(21)19(11)8(14)12(22)23)17-9(20)6(18-25)5-3-26-13(15)16-5/h2-3,7-8,11,24-25H,1,4H2,(H2,15,16)(H,17,20)(H,22,23)/b18-6-/t7-,8?,11-,14?/m1/s1. The number of fused-ring (bicyclic) bond motifs is 1. The monoisotopic (exact) mass is 413 g/mol. The van der Waals surface area contributed by atoms with Gasteiger partial charge in [0.15, 0.2) is 16.9 Å². The molecule has 2 unspecified atom stereocenters. The summed E-state index contributed by atoms with van der Waals surface area (Å²) in [6.45, 7) is 3.44. The number of anilines is 1. The number of aromatic nitrogens is 1. The van der Waals surface area contributed by atoms with Crippen molar-refractivity contribution in [1.82, 2.24) is 15.2 Å². The zero-order valence-electron chi connectivity index (χ0n) is 13.6. The van der Waals surface area contributed by atoms with Gasteiger partial charge in [-0.3, -0.25) is 9.59 Å². The summed E-state index contributed by atoms with van der Waals surface area (Å²) in [6, 6.07) is -2.54. The number of nitrogens with two attached hydrogens (primary N) is 1. The van der Waals surface area contributed by atoms with Crippen molar-refractivity contribution in [2.45, 2.75) is 23.1 Å². The van der Waals surface area contributed by atoms with Gasteiger partial charge in [0.1, 0.15) is 22.7 Å². The number of β-lactam (4-membered cyclic amide) rings is 1. The average molecular weight is 413 g/mol. The second-order valence-electron chi connectivity index (χ2n) is 5.85. The van der Waals surface area contributed by atoms with E-state index in [2.05, 4.69) is 22.0 Å². The van der Waals surface area contributed by atoms with Crippen LogP contribution in [0, 0.1) is 0 Å². The predicted octanol–water partition coefficient (Wildman–Crippen LogP) is -1.33. The molecule has 27 heavy (non-hydrogen) atoms. The van der Waals surface area contributed by atoms with E-state index in [-0.39, 0.29) is 16.6 Å². The molecule has 2 aliphatic rings. The molecule has 2 fully saturated rings. The van der Waals surface area contributed by atoms with Crippen LogP contribution in [0.5, 0.6) is 0 Å². The number of carboxylic acid groups (broad SMARTS) is 1. The smallest absolute Gasteiger partial charge is 0.329 e. The fourth-order valence-corrected chi connectivity index (χ4v) is 4.96. The van der Waals surface area contributed by atoms with Crippen molar-refractivity contribution in [2.24, 2.45) is 5.16 Å². The number of oxime groups is 1. The molecule has 6 N–H and O–H groups in total. The Morgan fingerprint density at radius 2 is 2.26 bits per heavy atom. The molecule has 11 nitrogen and oxygen atoms in total. The number of carbonyl (C=O) groups excluding carboxylic acids is 2. The van der Waals surface area contributed by atoms with Gasteiger partial charge in [-0.25, -0.2) is 9.78 Å². The van der Waals surface area contributed by atoms with Crippen molar-refractivity contribution >= 4 is 51.7 Å². The lowest BCUT2D eigenvalue weighted by Crippen LogP contribution is -2.79. The number of amides is 2. The number of nitrogens with zero attached hydrogens (tertiary/aromatic N) is 3. The topological polar surface area (TPSA) is 178 Å². The molecule has 1 aromatic heterocycles. The van der Waals surface area contributed by atoms with Crippen LogP contribution in [-0.4, -0.2) is 77.6 Å². The van der Waals surface area contributed by atoms with Crippen LogP contribution in [0.2, 0.25) is 0 Å². The number of carbonyl (C=O) groups is 3. The van der Waals surface area contributed by atoms with E-state index in [1.165, 1.54) is 5.38 Å². The molecule has 0 bridgehead atoms. The molecule has 0 aromatic carbocycles. The van der Waals surface area contributed by atoms with Crippen LogP contribution in [0.1, 0.15) is 5.69 Å². The van der Waals surface area contributed by atoms with Crippen LogP contribution < -0.4 is 11.1 Å². The Kier molecular flexibility index (Phi) is 4.84. The minimum Gasteiger partial charge on any atom is -0.480 e. The van der Waals surface area contributed by atoms with Gasteiger partial charge in [0, 0.05) is 11.1 Å². The lowest BCUT2D eigenvalue weighted by molar-refractivity contribution is -0.171. The van der Waals surface area contributed by atoms with Gasteiger partial charge in [0.05, 0.1) is 0 Å². The second-order valence-corrected chi connectivity index (χ2v) is 7.85. The maximum Gasteiger partial charge on any atom is 0.329 e. The number of carboxylic acids is 1. The van der Waals surface area contributed by atoms with E-state index in [4.69, 9.17) is 10.9 Å². The third kappa shape index (κ3) is 3.02. The van der Waals surface area contributed by atoms with Crippen molar-refractivity contribution in [3.63, 3.8) is 0 Å². The number of hydrogen-bond acceptors (Lipinski definition) is 10. The molecule has 0 spiro atoms. The molecule has 0 radical (unpaired) electrons. The van der Waals surface area contributed by atoms with E-state index in [0.29, 0.717) is 0 Å². The number of nitrogens with one attached hydrogen (secondary N) is 1. The minimum atomic E-state index is -1.78. The summed E-state index contributed by atoms with van der Waals surface area (Å²) < 4.78 is 0. The van der Waals surface area contributed by atoms with Gasteiger partial charge in [-0.15, -0.1) is 29.7 Å². The number of thioether (sulfide) groups is 1. The molecular formula is C14H15N5O6S2. The minimum absolute atomic E-state index is 0.0160. The summed E-state index contributed by atoms with van der Waals surface area (Å²) in [4.78, 5) is 41.2. The Hall–Kier alpha value is -2.64. The van der Waals surface area contributed by atoms with E-state index in [0.717, 1.165) is 34.1 Å². The molecule has 3 heterocycles. The maximum absolute atomic E-state index is 12.5. The molecule has 0 aliphatic carbocycles. The first kappa shape index (κ1) is 19.1. The number of nitrogen functional groups attached to an aromatic ring is 1. The normalized spacial score (nSPS) is 30.3. The molecule has 2 saturated heterocycles. The number of aliphatic carboxylic acids is 1. The Morgan fingerprint density at radius 3 is 2.78 bits per heavy atom. The van der Waals surface area contributed by atoms with Crippen LogP contribution in [0.4, 0.5) is 5.13 Å². The van der Waals surface area contributed by atoms with Gasteiger partial charge >= 0.3 is 5.97 Å². The SMILES string of the molecule is C=CC1(O)CS[C@@H]2[C@H](NC(=O)/C(=N\O)c3csc(N)n3)C(=O)N2C1C(=O)O. The lowest BCUT2D eigenvalue weighted by Gasteiger charge is -2.56. The summed E-state index contributed by atoms with van der Waals surface area (Å²) >= 11 is 2.15. The predicted molar refractivity (Wildman–Crippen MR) is 96.4 cm³/mol. The summed E-state index contributed by atoms with van der Waals surface area (Å²) in [5.41, 5.74) is 3.32. The Balaban J connectivity index is 1.77. The van der Waals surface area contributed by atoms with Gasteiger partial charge in [0.25, 0.3) is 5.91 Å². The third-order valence-corrected chi connectivity index (χ3v) is 6.41. The fourth-order valence-electron chi connectivity index (χ4n) is 2.93. The molecule has 0 saturated carbocycles. The number of aliphatic hydroxyl groups is 1. The van der Waals surface area contributed by atoms with Crippen LogP contribution in [-0.2, 0) is 14.4 Å². The largest absolute Gasteiger partial charge is 0.480 e. The molecule has 3 rings (SSSR count). The van der Waals surface area contributed by atoms with Crippen LogP contribution in [0.15, 0.2) is 23.2 Å². The number of rotatable bonds is 5. The van der Waals surface area contributed by atoms with Crippen molar-refractivity contribution in [2.75, 3.05) is 11.5 Å². The fraction of sp³-hybridized carbons (Fsp3) is 0.357. The molecule has 2 amide bonds. The second kappa shape index (κ2) is 6.83. The van der Waals surface area contributed by atoms with Crippen LogP contribution in [0.3, 0.4) is 0 Å². The zero-order valence-corrected chi connectivity index (χ0v) is 15.2. The Bertz CT molecular complexity index is 857. The third-order valence-electron chi connectivity index (χ3n) is 4.27. The Morgan fingerprint density at radius 1 is 1.56 bits per heavy atom. The molecule has 1 aromatic rings. The van der Waals surface area contributed by atoms with Crippen molar-refractivity contribution in [1.29, 1.82) is 0 Å². The van der Waals surface area contributed by atoms with E-state index in [1.54, 1.807) is 0 Å². The van der Waals surface area contributed by atoms with Gasteiger partial charge in [-0.05, 0) is 0 Å². The Labute approximate surface area is 160 Å². The summed E-state index contributed by atoms with van der Waals surface area (Å²) in [5.74, 6) is -2.93. The van der Waals surface area contributed by atoms with Crippen molar-refractivity contribution in [3.8, 4) is 0 Å². The summed E-state index contributed by atoms with van der Waals surface area (Å²) in [6.07, 6.45) is 1.09. The van der Waals surface area contributed by atoms with Crippen LogP contribution in [0.25, 0.3) is 0 Å². The quantitative estimate of drug-likeness (QED) is 0.129. The first-order valence-electron chi connectivity index (χ1n) is 7.50. The van der Waals surface area contributed by atoms with E-state index in [9.17, 15) is 24.6 Å². The maximum atomic E-state index is 12.5. The first-order valence-corrected chi connectivity index (χ1v) is 9.43. The zero-order chi connectivity index (χ0) is 19.9. The van der Waals surface area contributed by atoms with Gasteiger partial charge in [-0.1, -0.05) is 11.2 Å². The van der Waals surface area contributed by atoms with E-state index < -0.39 is 46.6 Å². The van der Waals surface area contributed by atoms with Crippen LogP contribution >= 0.6 is 23.1 Å².